The van der Waals surface area contributed by atoms with Crippen LogP contribution in [0.25, 0.3) is 0 Å². The molecule has 4 N–H and O–H groups in total. The number of amides is 1. The van der Waals surface area contributed by atoms with Gasteiger partial charge in [0.25, 0.3) is 5.91 Å². The normalized spacial score (nSPS) is 12.8. The molecule has 1 heterocycles. The Balaban J connectivity index is 2.98. The van der Waals surface area contributed by atoms with Crippen LogP contribution in [0.1, 0.15) is 35.6 Å². The molecule has 1 amide bonds. The first-order chi connectivity index (χ1) is 5.66. The molecule has 1 aromatic rings. The number of carbonyl (C=O) groups is 1. The van der Waals surface area contributed by atoms with Crippen molar-refractivity contribution in [2.75, 3.05) is 0 Å². The molecule has 5 nitrogen and oxygen atoms in total. The molecule has 0 saturated heterocycles. The third kappa shape index (κ3) is 1.45. The topological polar surface area (TPSA) is 92.0 Å². The van der Waals surface area contributed by atoms with Crippen LogP contribution in [-0.4, -0.2) is 21.0 Å². The predicted octanol–water partition coefficient (Wildman–Crippen LogP) is -0.0480. The molecule has 0 saturated carbocycles. The highest BCUT2D eigenvalue weighted by Crippen LogP contribution is 2.16. The first-order valence-electron chi connectivity index (χ1n) is 3.68. The van der Waals surface area contributed by atoms with Gasteiger partial charge in [-0.15, -0.1) is 0 Å². The second-order valence-corrected chi connectivity index (χ2v) is 2.45. The summed E-state index contributed by atoms with van der Waals surface area (Å²) in [6, 6.07) is 0. The van der Waals surface area contributed by atoms with Gasteiger partial charge in [-0.3, -0.25) is 4.79 Å². The maximum absolute atomic E-state index is 10.7. The molecule has 1 aromatic heterocycles. The lowest BCUT2D eigenvalue weighted by atomic mass is 10.1. The standard InChI is InChI=1S/C7H11N3O2/c1-2-4(11)5-6(7(8)12)10-3-9-5/h3-4,11H,2H2,1H3,(H2,8,12)(H,9,10). The average Bonchev–Trinajstić information content (AvgIpc) is 2.50. The highest BCUT2D eigenvalue weighted by molar-refractivity contribution is 5.91. The Bertz CT molecular complexity index is 282. The summed E-state index contributed by atoms with van der Waals surface area (Å²) in [6.07, 6.45) is 1.16. The fourth-order valence-corrected chi connectivity index (χ4v) is 0.959. The molecule has 66 valence electrons. The quantitative estimate of drug-likeness (QED) is 0.592. The molecule has 0 fully saturated rings. The number of aromatic amines is 1. The second kappa shape index (κ2) is 3.36. The monoisotopic (exact) mass is 169 g/mol. The van der Waals surface area contributed by atoms with Gasteiger partial charge in [0.05, 0.1) is 18.1 Å². The fourth-order valence-electron chi connectivity index (χ4n) is 0.959. The molecule has 1 atom stereocenters. The maximum Gasteiger partial charge on any atom is 0.269 e. The molecule has 0 aliphatic carbocycles. The van der Waals surface area contributed by atoms with Gasteiger partial charge in [-0.05, 0) is 6.42 Å². The summed E-state index contributed by atoms with van der Waals surface area (Å²) >= 11 is 0. The van der Waals surface area contributed by atoms with Crippen LogP contribution in [0.3, 0.4) is 0 Å². The minimum absolute atomic E-state index is 0.115. The van der Waals surface area contributed by atoms with Crippen molar-refractivity contribution in [3.8, 4) is 0 Å². The predicted molar refractivity (Wildman–Crippen MR) is 42.4 cm³/mol. The second-order valence-electron chi connectivity index (χ2n) is 2.45. The number of aliphatic hydroxyl groups is 1. The Morgan fingerprint density at radius 3 is 3.08 bits per heavy atom. The fraction of sp³-hybridized carbons (Fsp3) is 0.429. The largest absolute Gasteiger partial charge is 0.387 e. The smallest absolute Gasteiger partial charge is 0.269 e. The number of hydrogen-bond donors (Lipinski definition) is 3. The molecule has 0 spiro atoms. The summed E-state index contributed by atoms with van der Waals surface area (Å²) in [5.74, 6) is -0.626. The summed E-state index contributed by atoms with van der Waals surface area (Å²) < 4.78 is 0. The minimum atomic E-state index is -0.699. The zero-order valence-corrected chi connectivity index (χ0v) is 6.74. The number of hydrogen-bond acceptors (Lipinski definition) is 3. The number of rotatable bonds is 3. The number of aromatic nitrogens is 2. The van der Waals surface area contributed by atoms with E-state index in [-0.39, 0.29) is 5.69 Å². The van der Waals surface area contributed by atoms with E-state index >= 15 is 0 Å². The van der Waals surface area contributed by atoms with Crippen LogP contribution in [0, 0.1) is 0 Å². The van der Waals surface area contributed by atoms with Crippen molar-refractivity contribution >= 4 is 5.91 Å². The number of H-pyrrole nitrogens is 1. The van der Waals surface area contributed by atoms with Gasteiger partial charge in [0.15, 0.2) is 5.69 Å². The summed E-state index contributed by atoms with van der Waals surface area (Å²) in [7, 11) is 0. The van der Waals surface area contributed by atoms with E-state index in [1.807, 2.05) is 0 Å². The number of nitrogens with zero attached hydrogens (tertiary/aromatic N) is 1. The first kappa shape index (κ1) is 8.73. The summed E-state index contributed by atoms with van der Waals surface area (Å²) in [5, 5.41) is 9.37. The van der Waals surface area contributed by atoms with Crippen LogP contribution in [0.2, 0.25) is 0 Å². The van der Waals surface area contributed by atoms with Gasteiger partial charge in [-0.1, -0.05) is 6.92 Å². The van der Waals surface area contributed by atoms with E-state index in [1.54, 1.807) is 6.92 Å². The Morgan fingerprint density at radius 1 is 1.92 bits per heavy atom. The van der Waals surface area contributed by atoms with Crippen molar-refractivity contribution in [2.45, 2.75) is 19.4 Å². The van der Waals surface area contributed by atoms with Gasteiger partial charge in [0.1, 0.15) is 0 Å². The molecular weight excluding hydrogens is 158 g/mol. The van der Waals surface area contributed by atoms with Crippen molar-refractivity contribution < 1.29 is 9.90 Å². The third-order valence-electron chi connectivity index (χ3n) is 1.62. The zero-order valence-electron chi connectivity index (χ0n) is 6.74. The number of nitrogens with one attached hydrogen (secondary N) is 1. The van der Waals surface area contributed by atoms with Crippen LogP contribution in [-0.2, 0) is 0 Å². The van der Waals surface area contributed by atoms with E-state index in [2.05, 4.69) is 9.97 Å². The van der Waals surface area contributed by atoms with E-state index in [0.29, 0.717) is 12.1 Å². The third-order valence-corrected chi connectivity index (χ3v) is 1.62. The van der Waals surface area contributed by atoms with E-state index in [9.17, 15) is 9.90 Å². The maximum atomic E-state index is 10.7. The van der Waals surface area contributed by atoms with Crippen molar-refractivity contribution in [1.29, 1.82) is 0 Å². The number of nitrogens with two attached hydrogens (primary N) is 1. The van der Waals surface area contributed by atoms with Crippen LogP contribution >= 0.6 is 0 Å². The van der Waals surface area contributed by atoms with E-state index < -0.39 is 12.0 Å². The molecule has 5 heteroatoms. The Labute approximate surface area is 69.6 Å². The Kier molecular flexibility index (Phi) is 2.44. The van der Waals surface area contributed by atoms with Crippen molar-refractivity contribution in [2.24, 2.45) is 5.73 Å². The van der Waals surface area contributed by atoms with Gasteiger partial charge < -0.3 is 15.8 Å². The van der Waals surface area contributed by atoms with Crippen LogP contribution in [0.4, 0.5) is 0 Å². The molecule has 0 aromatic carbocycles. The lowest BCUT2D eigenvalue weighted by Crippen LogP contribution is -2.15. The number of imidazole rings is 1. The summed E-state index contributed by atoms with van der Waals surface area (Å²) in [5.41, 5.74) is 5.53. The lowest BCUT2D eigenvalue weighted by Gasteiger charge is -2.05. The molecule has 1 rings (SSSR count). The van der Waals surface area contributed by atoms with Crippen LogP contribution < -0.4 is 5.73 Å². The molecule has 0 aliphatic rings. The first-order valence-corrected chi connectivity index (χ1v) is 3.68. The van der Waals surface area contributed by atoms with Crippen LogP contribution in [0.5, 0.6) is 0 Å². The van der Waals surface area contributed by atoms with Gasteiger partial charge in [0, 0.05) is 0 Å². The molecule has 0 bridgehead atoms. The Hall–Kier alpha value is -1.36. The molecule has 0 aliphatic heterocycles. The summed E-state index contributed by atoms with van der Waals surface area (Å²) in [4.78, 5) is 17.1. The Morgan fingerprint density at radius 2 is 2.58 bits per heavy atom. The van der Waals surface area contributed by atoms with E-state index in [1.165, 1.54) is 6.33 Å². The lowest BCUT2D eigenvalue weighted by molar-refractivity contribution is 0.0986. The molecule has 12 heavy (non-hydrogen) atoms. The van der Waals surface area contributed by atoms with E-state index in [4.69, 9.17) is 5.73 Å². The van der Waals surface area contributed by atoms with Crippen molar-refractivity contribution in [3.63, 3.8) is 0 Å². The molecule has 0 radical (unpaired) electrons. The van der Waals surface area contributed by atoms with Crippen LogP contribution in [0.15, 0.2) is 6.33 Å². The van der Waals surface area contributed by atoms with Gasteiger partial charge in [-0.25, -0.2) is 4.98 Å². The SMILES string of the molecule is CCC(O)c1[nH]cnc1C(N)=O. The van der Waals surface area contributed by atoms with Crippen molar-refractivity contribution in [1.82, 2.24) is 9.97 Å². The zero-order chi connectivity index (χ0) is 9.14. The van der Waals surface area contributed by atoms with Gasteiger partial charge in [0.2, 0.25) is 0 Å². The highest BCUT2D eigenvalue weighted by atomic mass is 16.3. The van der Waals surface area contributed by atoms with E-state index in [0.717, 1.165) is 0 Å². The van der Waals surface area contributed by atoms with Crippen molar-refractivity contribution in [3.05, 3.63) is 17.7 Å². The minimum Gasteiger partial charge on any atom is -0.387 e. The molecular formula is C7H11N3O2. The number of aliphatic hydroxyl groups excluding tert-OH is 1. The number of carbonyl (C=O) groups excluding carboxylic acids is 1. The van der Waals surface area contributed by atoms with Gasteiger partial charge >= 0.3 is 0 Å². The molecule has 1 unspecified atom stereocenters. The summed E-state index contributed by atoms with van der Waals surface area (Å²) in [6.45, 7) is 1.80. The van der Waals surface area contributed by atoms with Gasteiger partial charge in [-0.2, -0.15) is 0 Å². The average molecular weight is 169 g/mol. The number of primary amides is 1. The highest BCUT2D eigenvalue weighted by Gasteiger charge is 2.16.